The Labute approximate surface area is 174 Å². The molecule has 0 aliphatic heterocycles. The van der Waals surface area contributed by atoms with Gasteiger partial charge in [-0.1, -0.05) is 60.1 Å². The maximum absolute atomic E-state index is 13.9. The highest BCUT2D eigenvalue weighted by Crippen LogP contribution is 2.32. The molecule has 0 aliphatic rings. The van der Waals surface area contributed by atoms with Crippen LogP contribution in [0.3, 0.4) is 0 Å². The van der Waals surface area contributed by atoms with Gasteiger partial charge in [0.05, 0.1) is 34.9 Å². The van der Waals surface area contributed by atoms with Gasteiger partial charge in [-0.15, -0.1) is 0 Å². The molecule has 0 spiro atoms. The normalized spacial score (nSPS) is 10.5. The Morgan fingerprint density at radius 3 is 1.90 bits per heavy atom. The van der Waals surface area contributed by atoms with Crippen LogP contribution in [0, 0.1) is 0 Å². The van der Waals surface area contributed by atoms with Gasteiger partial charge in [-0.3, -0.25) is 9.80 Å². The summed E-state index contributed by atoms with van der Waals surface area (Å²) < 4.78 is 5.51. The van der Waals surface area contributed by atoms with Crippen molar-refractivity contribution in [1.29, 1.82) is 0 Å². The largest absolute Gasteiger partial charge is 0.467 e. The predicted octanol–water partition coefficient (Wildman–Crippen LogP) is 6.90. The first-order valence-corrected chi connectivity index (χ1v) is 9.60. The lowest BCUT2D eigenvalue weighted by Gasteiger charge is -2.31. The topological polar surface area (TPSA) is 36.7 Å². The number of carbonyl (C=O) groups excluding carboxylic acids is 1. The first-order valence-electron chi connectivity index (χ1n) is 9.22. The second kappa shape index (κ2) is 8.67. The van der Waals surface area contributed by atoms with Crippen LogP contribution in [0.5, 0.6) is 0 Å². The number of halogens is 1. The third kappa shape index (κ3) is 4.18. The summed E-state index contributed by atoms with van der Waals surface area (Å²) in [6.45, 7) is 0.256. The van der Waals surface area contributed by atoms with Crippen molar-refractivity contribution < 1.29 is 9.21 Å². The molecule has 1 heterocycles. The summed E-state index contributed by atoms with van der Waals surface area (Å²) >= 11 is 6.46. The first kappa shape index (κ1) is 18.8. The molecular weight excluding hydrogens is 384 g/mol. The van der Waals surface area contributed by atoms with Gasteiger partial charge >= 0.3 is 6.03 Å². The third-order valence-corrected chi connectivity index (χ3v) is 4.81. The molecule has 0 radical (unpaired) electrons. The lowest BCUT2D eigenvalue weighted by Crippen LogP contribution is -2.40. The molecule has 1 aromatic heterocycles. The molecule has 4 nitrogen and oxygen atoms in total. The molecule has 0 fully saturated rings. The molecule has 0 N–H and O–H groups in total. The fraction of sp³-hybridized carbons (Fsp3) is 0.0417. The van der Waals surface area contributed by atoms with Crippen molar-refractivity contribution in [3.05, 3.63) is 114 Å². The molecule has 0 saturated heterocycles. The first-order chi connectivity index (χ1) is 14.2. The zero-order chi connectivity index (χ0) is 20.1. The number of carbonyl (C=O) groups is 1. The van der Waals surface area contributed by atoms with E-state index in [4.69, 9.17) is 16.0 Å². The minimum atomic E-state index is -0.230. The number of amides is 2. The van der Waals surface area contributed by atoms with Gasteiger partial charge in [0.25, 0.3) is 0 Å². The summed E-state index contributed by atoms with van der Waals surface area (Å²) in [6, 6.07) is 29.8. The summed E-state index contributed by atoms with van der Waals surface area (Å²) in [5.41, 5.74) is 2.15. The van der Waals surface area contributed by atoms with Crippen molar-refractivity contribution in [2.75, 3.05) is 9.80 Å². The summed E-state index contributed by atoms with van der Waals surface area (Å²) in [4.78, 5) is 17.2. The van der Waals surface area contributed by atoms with Crippen molar-refractivity contribution in [1.82, 2.24) is 0 Å². The van der Waals surface area contributed by atoms with E-state index in [1.54, 1.807) is 28.2 Å². The average Bonchev–Trinajstić information content (AvgIpc) is 3.28. The SMILES string of the molecule is O=C(N(Cc1ccco1)c1ccccc1Cl)N(c1ccccc1)c1ccccc1. The third-order valence-electron chi connectivity index (χ3n) is 4.49. The zero-order valence-electron chi connectivity index (χ0n) is 15.6. The van der Waals surface area contributed by atoms with E-state index in [0.717, 1.165) is 11.4 Å². The second-order valence-corrected chi connectivity index (χ2v) is 6.81. The van der Waals surface area contributed by atoms with Crippen molar-refractivity contribution >= 4 is 34.7 Å². The van der Waals surface area contributed by atoms with Crippen molar-refractivity contribution in [2.45, 2.75) is 6.54 Å². The molecule has 0 saturated carbocycles. The molecular formula is C24H19ClN2O2. The molecule has 5 heteroatoms. The molecule has 0 atom stereocenters. The molecule has 0 unspecified atom stereocenters. The van der Waals surface area contributed by atoms with Crippen molar-refractivity contribution in [3.63, 3.8) is 0 Å². The Balaban J connectivity index is 1.81. The summed E-state index contributed by atoms with van der Waals surface area (Å²) in [7, 11) is 0. The Bertz CT molecular complexity index is 1030. The van der Waals surface area contributed by atoms with E-state index in [1.165, 1.54) is 0 Å². The van der Waals surface area contributed by atoms with Crippen LogP contribution in [0.4, 0.5) is 21.9 Å². The van der Waals surface area contributed by atoms with Gasteiger partial charge in [0.2, 0.25) is 0 Å². The van der Waals surface area contributed by atoms with E-state index in [9.17, 15) is 4.79 Å². The summed E-state index contributed by atoms with van der Waals surface area (Å²) in [5.74, 6) is 0.666. The van der Waals surface area contributed by atoms with Crippen molar-refractivity contribution in [3.8, 4) is 0 Å². The highest BCUT2D eigenvalue weighted by molar-refractivity contribution is 6.34. The maximum Gasteiger partial charge on any atom is 0.334 e. The molecule has 0 aliphatic carbocycles. The Morgan fingerprint density at radius 1 is 0.759 bits per heavy atom. The van der Waals surface area contributed by atoms with Gasteiger partial charge in [0.1, 0.15) is 5.76 Å². The number of urea groups is 1. The fourth-order valence-electron chi connectivity index (χ4n) is 3.13. The van der Waals surface area contributed by atoms with Crippen LogP contribution in [0.15, 0.2) is 108 Å². The summed E-state index contributed by atoms with van der Waals surface area (Å²) in [6.07, 6.45) is 1.59. The van der Waals surface area contributed by atoms with E-state index in [1.807, 2.05) is 84.9 Å². The summed E-state index contributed by atoms with van der Waals surface area (Å²) in [5, 5.41) is 0.494. The van der Waals surface area contributed by atoms with Gasteiger partial charge in [0.15, 0.2) is 0 Å². The molecule has 3 aromatic carbocycles. The van der Waals surface area contributed by atoms with E-state index in [2.05, 4.69) is 0 Å². The number of anilines is 3. The van der Waals surface area contributed by atoms with Gasteiger partial charge in [-0.2, -0.15) is 0 Å². The van der Waals surface area contributed by atoms with Gasteiger partial charge in [-0.25, -0.2) is 4.79 Å². The number of rotatable bonds is 5. The van der Waals surface area contributed by atoms with Gasteiger partial charge < -0.3 is 4.42 Å². The molecule has 0 bridgehead atoms. The van der Waals surface area contributed by atoms with Gasteiger partial charge in [-0.05, 0) is 48.5 Å². The number of hydrogen-bond acceptors (Lipinski definition) is 2. The van der Waals surface area contributed by atoms with Crippen LogP contribution in [-0.4, -0.2) is 6.03 Å². The number of nitrogens with zero attached hydrogens (tertiary/aromatic N) is 2. The van der Waals surface area contributed by atoms with Crippen LogP contribution >= 0.6 is 11.6 Å². The molecule has 29 heavy (non-hydrogen) atoms. The van der Waals surface area contributed by atoms with Crippen molar-refractivity contribution in [2.24, 2.45) is 0 Å². The highest BCUT2D eigenvalue weighted by Gasteiger charge is 2.27. The minimum Gasteiger partial charge on any atom is -0.467 e. The maximum atomic E-state index is 13.9. The van der Waals surface area contributed by atoms with E-state index in [0.29, 0.717) is 16.5 Å². The van der Waals surface area contributed by atoms with Gasteiger partial charge in [0, 0.05) is 0 Å². The van der Waals surface area contributed by atoms with E-state index >= 15 is 0 Å². The van der Waals surface area contributed by atoms with E-state index in [-0.39, 0.29) is 12.6 Å². The minimum absolute atomic E-state index is 0.230. The van der Waals surface area contributed by atoms with Crippen LogP contribution in [0.2, 0.25) is 5.02 Å². The van der Waals surface area contributed by atoms with Crippen LogP contribution < -0.4 is 9.80 Å². The Morgan fingerprint density at radius 2 is 1.34 bits per heavy atom. The fourth-order valence-corrected chi connectivity index (χ4v) is 3.37. The Hall–Kier alpha value is -3.50. The standard InChI is InChI=1S/C24H19ClN2O2/c25-22-15-7-8-16-23(22)26(18-21-14-9-17-29-21)24(28)27(19-10-3-1-4-11-19)20-12-5-2-6-13-20/h1-17H,18H2. The molecule has 144 valence electrons. The second-order valence-electron chi connectivity index (χ2n) is 6.41. The number of para-hydroxylation sites is 3. The Kier molecular flexibility index (Phi) is 5.63. The monoisotopic (exact) mass is 402 g/mol. The molecule has 2 amide bonds. The predicted molar refractivity (Wildman–Crippen MR) is 117 cm³/mol. The number of furan rings is 1. The number of benzene rings is 3. The molecule has 4 aromatic rings. The lowest BCUT2D eigenvalue weighted by molar-refractivity contribution is 0.252. The van der Waals surface area contributed by atoms with E-state index < -0.39 is 0 Å². The van der Waals surface area contributed by atoms with Crippen LogP contribution in [0.1, 0.15) is 5.76 Å². The average molecular weight is 403 g/mol. The zero-order valence-corrected chi connectivity index (χ0v) is 16.4. The number of hydrogen-bond donors (Lipinski definition) is 0. The highest BCUT2D eigenvalue weighted by atomic mass is 35.5. The van der Waals surface area contributed by atoms with Crippen LogP contribution in [-0.2, 0) is 6.54 Å². The quantitative estimate of drug-likeness (QED) is 0.364. The van der Waals surface area contributed by atoms with Crippen LogP contribution in [0.25, 0.3) is 0 Å². The molecule has 4 rings (SSSR count). The lowest BCUT2D eigenvalue weighted by atomic mass is 10.2. The smallest absolute Gasteiger partial charge is 0.334 e.